The van der Waals surface area contributed by atoms with Gasteiger partial charge in [0, 0.05) is 26.2 Å². The molecule has 1 N–H and O–H groups in total. The lowest BCUT2D eigenvalue weighted by molar-refractivity contribution is 0.0500. The van der Waals surface area contributed by atoms with Gasteiger partial charge in [0.1, 0.15) is 11.1 Å². The lowest BCUT2D eigenvalue weighted by atomic mass is 10.1. The summed E-state index contributed by atoms with van der Waals surface area (Å²) in [6.07, 6.45) is 1.21. The maximum Gasteiger partial charge on any atom is 0.407 e. The Morgan fingerprint density at radius 3 is 2.77 bits per heavy atom. The third-order valence-corrected chi connectivity index (χ3v) is 4.95. The largest absolute Gasteiger partial charge is 0.444 e. The fraction of sp³-hybridized carbons (Fsp3) is 0.600. The zero-order valence-corrected chi connectivity index (χ0v) is 18.7. The number of nitrogens with zero attached hydrogens (tertiary/aromatic N) is 5. The number of rotatable bonds is 3. The van der Waals surface area contributed by atoms with Crippen molar-refractivity contribution < 1.29 is 9.53 Å². The average molecular weight is 435 g/mol. The second-order valence-corrected chi connectivity index (χ2v) is 8.61. The van der Waals surface area contributed by atoms with Crippen molar-refractivity contribution in [3.8, 4) is 11.8 Å². The van der Waals surface area contributed by atoms with Gasteiger partial charge in [0.15, 0.2) is 11.5 Å². The number of aromatic nitrogens is 4. The minimum Gasteiger partial charge on any atom is -0.444 e. The van der Waals surface area contributed by atoms with Crippen molar-refractivity contribution in [1.82, 2.24) is 24.4 Å². The molecule has 0 aromatic carbocycles. The Kier molecular flexibility index (Phi) is 6.27. The minimum absolute atomic E-state index is 0.0639. The highest BCUT2D eigenvalue weighted by atomic mass is 35.5. The standard InChI is InChI=1S/C20H27ClN6O3/c1-6-7-11-27-14-15(25(5)19(27)29)23-17(21)24-16(14)26-10-8-9-13(12-26)22-18(28)30-20(2,3)4/h13H,8-12H2,1-5H3,(H,22,28). The molecule has 162 valence electrons. The van der Waals surface area contributed by atoms with E-state index < -0.39 is 11.7 Å². The summed E-state index contributed by atoms with van der Waals surface area (Å²) in [6, 6.07) is -0.114. The first-order valence-corrected chi connectivity index (χ1v) is 10.3. The third-order valence-electron chi connectivity index (χ3n) is 4.78. The summed E-state index contributed by atoms with van der Waals surface area (Å²) in [6.45, 7) is 8.68. The quantitative estimate of drug-likeness (QED) is 0.588. The van der Waals surface area contributed by atoms with Crippen LogP contribution in [0.15, 0.2) is 4.79 Å². The number of alkyl carbamates (subject to hydrolysis) is 1. The summed E-state index contributed by atoms with van der Waals surface area (Å²) in [5.41, 5.74) is 0.249. The fourth-order valence-corrected chi connectivity index (χ4v) is 3.70. The molecule has 0 saturated carbocycles. The molecular formula is C20H27ClN6O3. The van der Waals surface area contributed by atoms with E-state index >= 15 is 0 Å². The first-order chi connectivity index (χ1) is 14.1. The number of carbonyl (C=O) groups is 1. The molecule has 0 bridgehead atoms. The van der Waals surface area contributed by atoms with E-state index in [1.165, 1.54) is 4.57 Å². The zero-order valence-electron chi connectivity index (χ0n) is 18.0. The van der Waals surface area contributed by atoms with Gasteiger partial charge in [0.05, 0.1) is 6.54 Å². The number of carbonyl (C=O) groups excluding carboxylic acids is 1. The van der Waals surface area contributed by atoms with E-state index in [-0.39, 0.29) is 23.6 Å². The molecule has 1 aliphatic heterocycles. The second kappa shape index (κ2) is 8.56. The van der Waals surface area contributed by atoms with Gasteiger partial charge in [-0.2, -0.15) is 9.97 Å². The van der Waals surface area contributed by atoms with Crippen LogP contribution in [0.4, 0.5) is 10.6 Å². The van der Waals surface area contributed by atoms with Gasteiger partial charge in [-0.25, -0.2) is 9.59 Å². The van der Waals surface area contributed by atoms with E-state index in [4.69, 9.17) is 16.3 Å². The summed E-state index contributed by atoms with van der Waals surface area (Å²) in [4.78, 5) is 35.7. The number of anilines is 1. The predicted molar refractivity (Wildman–Crippen MR) is 116 cm³/mol. The summed E-state index contributed by atoms with van der Waals surface area (Å²) < 4.78 is 8.38. The normalized spacial score (nSPS) is 16.9. The topological polar surface area (TPSA) is 94.3 Å². The molecule has 2 aromatic rings. The molecule has 9 nitrogen and oxygen atoms in total. The van der Waals surface area contributed by atoms with Crippen LogP contribution in [0.3, 0.4) is 0 Å². The lowest BCUT2D eigenvalue weighted by Gasteiger charge is -2.34. The first kappa shape index (κ1) is 22.0. The number of fused-ring (bicyclic) bond motifs is 1. The maximum atomic E-state index is 12.7. The predicted octanol–water partition coefficient (Wildman–Crippen LogP) is 2.30. The van der Waals surface area contributed by atoms with E-state index in [2.05, 4.69) is 27.1 Å². The van der Waals surface area contributed by atoms with Gasteiger partial charge in [-0.15, -0.1) is 5.92 Å². The Balaban J connectivity index is 1.95. The van der Waals surface area contributed by atoms with Crippen LogP contribution < -0.4 is 15.9 Å². The van der Waals surface area contributed by atoms with E-state index in [1.807, 2.05) is 25.7 Å². The molecule has 2 aromatic heterocycles. The SMILES string of the molecule is CC#CCn1c(=O)n(C)c2nc(Cl)nc(N3CCCC(NC(=O)OC(C)(C)C)C3)c21. The molecule has 30 heavy (non-hydrogen) atoms. The number of imidazole rings is 1. The summed E-state index contributed by atoms with van der Waals surface area (Å²) in [7, 11) is 1.65. The fourth-order valence-electron chi connectivity index (χ4n) is 3.54. The molecule has 1 aliphatic rings. The number of hydrogen-bond donors (Lipinski definition) is 1. The summed E-state index contributed by atoms with van der Waals surface area (Å²) in [5, 5.41) is 2.99. The smallest absolute Gasteiger partial charge is 0.407 e. The number of piperidine rings is 1. The minimum atomic E-state index is -0.564. The molecule has 0 radical (unpaired) electrons. The van der Waals surface area contributed by atoms with Crippen LogP contribution in [0, 0.1) is 11.8 Å². The molecule has 0 spiro atoms. The van der Waals surface area contributed by atoms with Crippen LogP contribution in [-0.2, 0) is 18.3 Å². The molecule has 3 rings (SSSR count). The Morgan fingerprint density at radius 2 is 2.10 bits per heavy atom. The van der Waals surface area contributed by atoms with Crippen LogP contribution in [-0.4, -0.2) is 49.9 Å². The molecule has 0 aliphatic carbocycles. The van der Waals surface area contributed by atoms with Crippen LogP contribution in [0.25, 0.3) is 11.2 Å². The van der Waals surface area contributed by atoms with Gasteiger partial charge in [-0.1, -0.05) is 5.92 Å². The highest BCUT2D eigenvalue weighted by Gasteiger charge is 2.28. The molecule has 3 heterocycles. The van der Waals surface area contributed by atoms with E-state index in [1.54, 1.807) is 18.5 Å². The number of ether oxygens (including phenoxy) is 1. The van der Waals surface area contributed by atoms with Gasteiger partial charge >= 0.3 is 11.8 Å². The number of nitrogens with one attached hydrogen (secondary N) is 1. The molecule has 1 unspecified atom stereocenters. The van der Waals surface area contributed by atoms with Gasteiger partial charge < -0.3 is 15.0 Å². The van der Waals surface area contributed by atoms with Crippen LogP contribution in [0.5, 0.6) is 0 Å². The first-order valence-electron chi connectivity index (χ1n) is 9.87. The number of halogens is 1. The van der Waals surface area contributed by atoms with Gasteiger partial charge in [0.2, 0.25) is 5.28 Å². The van der Waals surface area contributed by atoms with Crippen molar-refractivity contribution in [2.75, 3.05) is 18.0 Å². The molecule has 1 atom stereocenters. The van der Waals surface area contributed by atoms with Gasteiger partial charge in [0.25, 0.3) is 0 Å². The van der Waals surface area contributed by atoms with E-state index in [9.17, 15) is 9.59 Å². The highest BCUT2D eigenvalue weighted by Crippen LogP contribution is 2.27. The molecular weight excluding hydrogens is 408 g/mol. The third kappa shape index (κ3) is 4.70. The Labute approximate surface area is 180 Å². The number of amides is 1. The molecule has 1 saturated heterocycles. The number of hydrogen-bond acceptors (Lipinski definition) is 6. The van der Waals surface area contributed by atoms with Gasteiger partial charge in [-0.05, 0) is 52.1 Å². The van der Waals surface area contributed by atoms with Crippen molar-refractivity contribution >= 4 is 34.7 Å². The summed E-state index contributed by atoms with van der Waals surface area (Å²) in [5.74, 6) is 6.31. The monoisotopic (exact) mass is 434 g/mol. The average Bonchev–Trinajstić information content (AvgIpc) is 2.89. The lowest BCUT2D eigenvalue weighted by Crippen LogP contribution is -2.49. The van der Waals surface area contributed by atoms with Crippen LogP contribution in [0.2, 0.25) is 5.28 Å². The van der Waals surface area contributed by atoms with Crippen molar-refractivity contribution in [2.45, 2.75) is 58.7 Å². The highest BCUT2D eigenvalue weighted by molar-refractivity contribution is 6.28. The molecule has 1 fully saturated rings. The summed E-state index contributed by atoms with van der Waals surface area (Å²) >= 11 is 6.18. The Bertz CT molecular complexity index is 1070. The Morgan fingerprint density at radius 1 is 1.37 bits per heavy atom. The molecule has 1 amide bonds. The second-order valence-electron chi connectivity index (χ2n) is 8.27. The van der Waals surface area contributed by atoms with Crippen LogP contribution in [0.1, 0.15) is 40.5 Å². The molecule has 10 heteroatoms. The zero-order chi connectivity index (χ0) is 22.1. The van der Waals surface area contributed by atoms with E-state index in [0.29, 0.717) is 23.5 Å². The van der Waals surface area contributed by atoms with Crippen molar-refractivity contribution in [1.29, 1.82) is 0 Å². The van der Waals surface area contributed by atoms with E-state index in [0.717, 1.165) is 19.4 Å². The number of aryl methyl sites for hydroxylation is 1. The van der Waals surface area contributed by atoms with Gasteiger partial charge in [-0.3, -0.25) is 9.13 Å². The van der Waals surface area contributed by atoms with Crippen molar-refractivity contribution in [3.63, 3.8) is 0 Å². The van der Waals surface area contributed by atoms with Crippen molar-refractivity contribution in [2.24, 2.45) is 7.05 Å². The Hall–Kier alpha value is -2.73. The maximum absolute atomic E-state index is 12.7. The van der Waals surface area contributed by atoms with Crippen LogP contribution >= 0.6 is 11.6 Å². The van der Waals surface area contributed by atoms with Crippen molar-refractivity contribution in [3.05, 3.63) is 15.8 Å².